The minimum atomic E-state index is 0.365. The van der Waals surface area contributed by atoms with Gasteiger partial charge in [0.1, 0.15) is 23.6 Å². The molecule has 0 aliphatic rings. The number of rotatable bonds is 7. The van der Waals surface area contributed by atoms with E-state index in [0.717, 1.165) is 33.8 Å². The number of benzene rings is 2. The summed E-state index contributed by atoms with van der Waals surface area (Å²) in [4.78, 5) is 14.1. The molecule has 0 unspecified atom stereocenters. The van der Waals surface area contributed by atoms with E-state index in [-0.39, 0.29) is 0 Å². The van der Waals surface area contributed by atoms with Gasteiger partial charge in [-0.05, 0) is 48.7 Å². The third-order valence-electron chi connectivity index (χ3n) is 6.06. The molecule has 37 heavy (non-hydrogen) atoms. The first-order valence-corrected chi connectivity index (χ1v) is 11.9. The summed E-state index contributed by atoms with van der Waals surface area (Å²) in [5.41, 5.74) is 6.75. The van der Waals surface area contributed by atoms with Crippen LogP contribution in [0.25, 0.3) is 28.2 Å². The molecule has 9 heteroatoms. The number of ether oxygens (including phenoxy) is 2. The second-order valence-corrected chi connectivity index (χ2v) is 8.90. The monoisotopic (exact) mass is 491 g/mol. The number of aryl methyl sites for hydroxylation is 2. The van der Waals surface area contributed by atoms with Crippen LogP contribution in [0.1, 0.15) is 22.4 Å². The lowest BCUT2D eigenvalue weighted by Crippen LogP contribution is -2.03. The van der Waals surface area contributed by atoms with Crippen LogP contribution >= 0.6 is 0 Å². The van der Waals surface area contributed by atoms with Crippen LogP contribution in [0.15, 0.2) is 73.1 Å². The standard InChI is InChI=1S/C28H25N7O2/c1-18-13-23(32-35-14-19(2)29-27(18)35)26-30-24-16-34(15-20-9-11-22(36-3)12-10-20)33-25(24)28(31-26)37-17-21-7-5-4-6-8-21/h4-14,16H,15,17H2,1-3H3. The summed E-state index contributed by atoms with van der Waals surface area (Å²) in [6.07, 6.45) is 3.80. The molecule has 0 amide bonds. The van der Waals surface area contributed by atoms with Gasteiger partial charge in [-0.3, -0.25) is 4.68 Å². The first-order chi connectivity index (χ1) is 18.1. The number of nitrogens with zero attached hydrogens (tertiary/aromatic N) is 7. The maximum atomic E-state index is 6.19. The Bertz CT molecular complexity index is 1710. The molecule has 2 aromatic carbocycles. The molecule has 0 radical (unpaired) electrons. The highest BCUT2D eigenvalue weighted by molar-refractivity contribution is 5.80. The molecule has 6 aromatic rings. The minimum absolute atomic E-state index is 0.365. The molecule has 9 nitrogen and oxygen atoms in total. The van der Waals surface area contributed by atoms with Gasteiger partial charge in [-0.1, -0.05) is 42.5 Å². The van der Waals surface area contributed by atoms with Crippen LogP contribution in [0.2, 0.25) is 0 Å². The first-order valence-electron chi connectivity index (χ1n) is 11.9. The van der Waals surface area contributed by atoms with Gasteiger partial charge in [0.25, 0.3) is 0 Å². The van der Waals surface area contributed by atoms with Crippen LogP contribution < -0.4 is 9.47 Å². The van der Waals surface area contributed by atoms with Gasteiger partial charge in [-0.25, -0.2) is 14.5 Å². The quantitative estimate of drug-likeness (QED) is 0.317. The van der Waals surface area contributed by atoms with E-state index in [9.17, 15) is 0 Å². The maximum Gasteiger partial charge on any atom is 0.246 e. The van der Waals surface area contributed by atoms with E-state index in [1.165, 1.54) is 0 Å². The zero-order chi connectivity index (χ0) is 25.4. The van der Waals surface area contributed by atoms with Gasteiger partial charge in [0, 0.05) is 0 Å². The lowest BCUT2D eigenvalue weighted by Gasteiger charge is -2.08. The Kier molecular flexibility index (Phi) is 5.72. The van der Waals surface area contributed by atoms with Gasteiger partial charge in [0.15, 0.2) is 17.0 Å². The number of aromatic nitrogens is 7. The Morgan fingerprint density at radius 1 is 0.838 bits per heavy atom. The highest BCUT2D eigenvalue weighted by atomic mass is 16.5. The van der Waals surface area contributed by atoms with E-state index in [0.29, 0.717) is 41.6 Å². The summed E-state index contributed by atoms with van der Waals surface area (Å²) < 4.78 is 15.1. The van der Waals surface area contributed by atoms with Gasteiger partial charge < -0.3 is 9.47 Å². The van der Waals surface area contributed by atoms with Crippen molar-refractivity contribution in [3.8, 4) is 23.1 Å². The van der Waals surface area contributed by atoms with E-state index in [1.807, 2.05) is 91.6 Å². The Balaban J connectivity index is 1.41. The zero-order valence-electron chi connectivity index (χ0n) is 20.8. The molecule has 0 spiro atoms. The average Bonchev–Trinajstić information content (AvgIpc) is 3.50. The van der Waals surface area contributed by atoms with Crippen LogP contribution in [-0.4, -0.2) is 41.5 Å². The summed E-state index contributed by atoms with van der Waals surface area (Å²) >= 11 is 0. The summed E-state index contributed by atoms with van der Waals surface area (Å²) in [6.45, 7) is 4.89. The van der Waals surface area contributed by atoms with Crippen LogP contribution in [0.3, 0.4) is 0 Å². The van der Waals surface area contributed by atoms with Crippen molar-refractivity contribution in [2.24, 2.45) is 0 Å². The van der Waals surface area contributed by atoms with Gasteiger partial charge in [0.2, 0.25) is 5.88 Å². The largest absolute Gasteiger partial charge is 0.497 e. The third-order valence-corrected chi connectivity index (χ3v) is 6.06. The fourth-order valence-corrected chi connectivity index (χ4v) is 4.23. The van der Waals surface area contributed by atoms with Gasteiger partial charge >= 0.3 is 0 Å². The molecule has 0 N–H and O–H groups in total. The molecule has 0 atom stereocenters. The molecular formula is C28H25N7O2. The Hall–Kier alpha value is -4.79. The fraction of sp³-hybridized carbons (Fsp3) is 0.179. The van der Waals surface area contributed by atoms with Crippen molar-refractivity contribution >= 4 is 16.7 Å². The number of methoxy groups -OCH3 is 1. The number of fused-ring (bicyclic) bond motifs is 2. The van der Waals surface area contributed by atoms with E-state index in [4.69, 9.17) is 29.6 Å². The van der Waals surface area contributed by atoms with Gasteiger partial charge in [0.05, 0.1) is 31.7 Å². The number of imidazole rings is 1. The van der Waals surface area contributed by atoms with E-state index < -0.39 is 0 Å². The van der Waals surface area contributed by atoms with Crippen molar-refractivity contribution in [1.82, 2.24) is 34.3 Å². The summed E-state index contributed by atoms with van der Waals surface area (Å²) in [7, 11) is 1.66. The summed E-state index contributed by atoms with van der Waals surface area (Å²) in [5.74, 6) is 1.70. The van der Waals surface area contributed by atoms with Crippen molar-refractivity contribution in [3.05, 3.63) is 95.4 Å². The third kappa shape index (κ3) is 4.58. The average molecular weight is 492 g/mol. The smallest absolute Gasteiger partial charge is 0.246 e. The topological polar surface area (TPSA) is 92.2 Å². The van der Waals surface area contributed by atoms with Crippen molar-refractivity contribution < 1.29 is 9.47 Å². The van der Waals surface area contributed by atoms with Crippen LogP contribution in [0.5, 0.6) is 11.6 Å². The van der Waals surface area contributed by atoms with Crippen LogP contribution in [-0.2, 0) is 13.2 Å². The van der Waals surface area contributed by atoms with E-state index in [2.05, 4.69) is 4.98 Å². The molecule has 184 valence electrons. The second-order valence-electron chi connectivity index (χ2n) is 8.90. The SMILES string of the molecule is COc1ccc(Cn2cc3nc(-c4cc(C)c5nc(C)cn5n4)nc(OCc4ccccc4)c3n2)cc1. The molecular weight excluding hydrogens is 466 g/mol. The van der Waals surface area contributed by atoms with Crippen molar-refractivity contribution in [2.45, 2.75) is 27.0 Å². The number of hydrogen-bond donors (Lipinski definition) is 0. The lowest BCUT2D eigenvalue weighted by molar-refractivity contribution is 0.297. The Morgan fingerprint density at radius 3 is 2.43 bits per heavy atom. The minimum Gasteiger partial charge on any atom is -0.497 e. The molecule has 6 rings (SSSR count). The van der Waals surface area contributed by atoms with Crippen LogP contribution in [0.4, 0.5) is 0 Å². The summed E-state index contributed by atoms with van der Waals surface area (Å²) in [5, 5.41) is 9.49. The highest BCUT2D eigenvalue weighted by Crippen LogP contribution is 2.27. The molecule has 0 aliphatic heterocycles. The second kappa shape index (κ2) is 9.34. The molecule has 0 saturated carbocycles. The zero-order valence-corrected chi connectivity index (χ0v) is 20.8. The van der Waals surface area contributed by atoms with Gasteiger partial charge in [-0.15, -0.1) is 0 Å². The molecule has 0 saturated heterocycles. The molecule has 0 aliphatic carbocycles. The Morgan fingerprint density at radius 2 is 1.65 bits per heavy atom. The maximum absolute atomic E-state index is 6.19. The molecule has 0 bridgehead atoms. The van der Waals surface area contributed by atoms with Crippen molar-refractivity contribution in [1.29, 1.82) is 0 Å². The number of hydrogen-bond acceptors (Lipinski definition) is 7. The first kappa shape index (κ1) is 22.7. The predicted octanol–water partition coefficient (Wildman–Crippen LogP) is 4.79. The van der Waals surface area contributed by atoms with Gasteiger partial charge in [-0.2, -0.15) is 15.2 Å². The van der Waals surface area contributed by atoms with Crippen molar-refractivity contribution in [2.75, 3.05) is 7.11 Å². The van der Waals surface area contributed by atoms with E-state index in [1.54, 1.807) is 11.6 Å². The normalized spacial score (nSPS) is 11.3. The Labute approximate surface area is 213 Å². The molecule has 0 fully saturated rings. The van der Waals surface area contributed by atoms with E-state index >= 15 is 0 Å². The molecule has 4 aromatic heterocycles. The lowest BCUT2D eigenvalue weighted by atomic mass is 10.2. The molecule has 4 heterocycles. The predicted molar refractivity (Wildman–Crippen MR) is 140 cm³/mol. The fourth-order valence-electron chi connectivity index (χ4n) is 4.23. The van der Waals surface area contributed by atoms with Crippen LogP contribution in [0, 0.1) is 13.8 Å². The highest BCUT2D eigenvalue weighted by Gasteiger charge is 2.17. The van der Waals surface area contributed by atoms with Crippen molar-refractivity contribution in [3.63, 3.8) is 0 Å². The summed E-state index contributed by atoms with van der Waals surface area (Å²) in [6, 6.07) is 19.8.